The summed E-state index contributed by atoms with van der Waals surface area (Å²) in [5.41, 5.74) is 0.396. The second-order valence-electron chi connectivity index (χ2n) is 5.06. The Hall–Kier alpha value is -1.46. The Kier molecular flexibility index (Phi) is 3.98. The van der Waals surface area contributed by atoms with E-state index in [4.69, 9.17) is 16.1 Å². The van der Waals surface area contributed by atoms with Crippen molar-refractivity contribution in [3.8, 4) is 0 Å². The number of hydrogen-bond acceptors (Lipinski definition) is 4. The van der Waals surface area contributed by atoms with Crippen molar-refractivity contribution in [3.05, 3.63) is 46.3 Å². The zero-order chi connectivity index (χ0) is 13.9. The number of nitrogens with one attached hydrogen (secondary N) is 1. The fraction of sp³-hybridized carbons (Fsp3) is 0.429. The van der Waals surface area contributed by atoms with E-state index in [-0.39, 0.29) is 12.2 Å². The zero-order valence-corrected chi connectivity index (χ0v) is 11.7. The molecule has 0 spiro atoms. The van der Waals surface area contributed by atoms with Crippen LogP contribution in [0.4, 0.5) is 4.39 Å². The van der Waals surface area contributed by atoms with Crippen molar-refractivity contribution in [2.75, 3.05) is 6.54 Å². The average Bonchev–Trinajstić information content (AvgIpc) is 3.13. The van der Waals surface area contributed by atoms with Crippen molar-refractivity contribution in [3.63, 3.8) is 0 Å². The van der Waals surface area contributed by atoms with Crippen molar-refractivity contribution in [2.24, 2.45) is 5.92 Å². The number of halogens is 2. The van der Waals surface area contributed by atoms with Gasteiger partial charge in [-0.1, -0.05) is 22.8 Å². The van der Waals surface area contributed by atoms with Crippen molar-refractivity contribution in [1.82, 2.24) is 15.5 Å². The van der Waals surface area contributed by atoms with Gasteiger partial charge in [0.15, 0.2) is 5.82 Å². The van der Waals surface area contributed by atoms with E-state index in [9.17, 15) is 4.39 Å². The van der Waals surface area contributed by atoms with Crippen molar-refractivity contribution in [1.29, 1.82) is 0 Å². The molecule has 1 aromatic carbocycles. The quantitative estimate of drug-likeness (QED) is 0.890. The maximum atomic E-state index is 13.7. The highest BCUT2D eigenvalue weighted by molar-refractivity contribution is 6.31. The SMILES string of the molecule is Fc1cccc(Cl)c1Cc1noc(CNCC2CC2)n1. The molecule has 0 radical (unpaired) electrons. The molecule has 0 saturated heterocycles. The van der Waals surface area contributed by atoms with Gasteiger partial charge in [0.1, 0.15) is 5.82 Å². The molecule has 0 bridgehead atoms. The molecule has 1 heterocycles. The molecule has 106 valence electrons. The van der Waals surface area contributed by atoms with E-state index < -0.39 is 0 Å². The third kappa shape index (κ3) is 3.35. The summed E-state index contributed by atoms with van der Waals surface area (Å²) in [6.07, 6.45) is 2.83. The largest absolute Gasteiger partial charge is 0.338 e. The van der Waals surface area contributed by atoms with E-state index in [0.29, 0.717) is 28.8 Å². The van der Waals surface area contributed by atoms with E-state index in [2.05, 4.69) is 15.5 Å². The summed E-state index contributed by atoms with van der Waals surface area (Å²) in [6, 6.07) is 4.60. The van der Waals surface area contributed by atoms with Crippen LogP contribution < -0.4 is 5.32 Å². The van der Waals surface area contributed by atoms with Crippen LogP contribution in [0.3, 0.4) is 0 Å². The fourth-order valence-electron chi connectivity index (χ4n) is 2.00. The maximum absolute atomic E-state index is 13.7. The molecule has 1 aliphatic carbocycles. The molecule has 1 N–H and O–H groups in total. The summed E-state index contributed by atoms with van der Waals surface area (Å²) < 4.78 is 18.8. The van der Waals surface area contributed by atoms with Crippen LogP contribution >= 0.6 is 11.6 Å². The standard InChI is InChI=1S/C14H15ClFN3O/c15-11-2-1-3-12(16)10(11)6-13-18-14(20-19-13)8-17-7-9-4-5-9/h1-3,9,17H,4-8H2. The Morgan fingerprint density at radius 1 is 1.40 bits per heavy atom. The molecular weight excluding hydrogens is 281 g/mol. The Morgan fingerprint density at radius 2 is 2.25 bits per heavy atom. The Bertz CT molecular complexity index is 578. The molecular formula is C14H15ClFN3O. The number of hydrogen-bond donors (Lipinski definition) is 1. The molecule has 1 aromatic heterocycles. The molecule has 1 aliphatic rings. The van der Waals surface area contributed by atoms with Gasteiger partial charge in [-0.15, -0.1) is 0 Å². The van der Waals surface area contributed by atoms with Crippen LogP contribution in [-0.4, -0.2) is 16.7 Å². The summed E-state index contributed by atoms with van der Waals surface area (Å²) in [6.45, 7) is 1.53. The fourth-order valence-corrected chi connectivity index (χ4v) is 2.23. The van der Waals surface area contributed by atoms with Gasteiger partial charge >= 0.3 is 0 Å². The van der Waals surface area contributed by atoms with Gasteiger partial charge in [-0.2, -0.15) is 4.98 Å². The van der Waals surface area contributed by atoms with Crippen LogP contribution in [0.5, 0.6) is 0 Å². The molecule has 0 amide bonds. The first-order valence-corrected chi connectivity index (χ1v) is 7.05. The number of benzene rings is 1. The van der Waals surface area contributed by atoms with Crippen LogP contribution in [0.15, 0.2) is 22.7 Å². The van der Waals surface area contributed by atoms with E-state index in [0.717, 1.165) is 12.5 Å². The highest BCUT2D eigenvalue weighted by Gasteiger charge is 2.20. The highest BCUT2D eigenvalue weighted by Crippen LogP contribution is 2.27. The first-order valence-electron chi connectivity index (χ1n) is 6.67. The molecule has 6 heteroatoms. The Balaban J connectivity index is 1.61. The molecule has 0 atom stereocenters. The maximum Gasteiger partial charge on any atom is 0.240 e. The third-order valence-electron chi connectivity index (χ3n) is 3.31. The summed E-state index contributed by atoms with van der Waals surface area (Å²) in [5.74, 6) is 1.42. The van der Waals surface area contributed by atoms with E-state index >= 15 is 0 Å². The molecule has 1 saturated carbocycles. The normalized spacial score (nSPS) is 14.7. The monoisotopic (exact) mass is 295 g/mol. The summed E-state index contributed by atoms with van der Waals surface area (Å²) in [5, 5.41) is 7.50. The predicted molar refractivity (Wildman–Crippen MR) is 72.9 cm³/mol. The lowest BCUT2D eigenvalue weighted by atomic mass is 10.1. The van der Waals surface area contributed by atoms with E-state index in [1.54, 1.807) is 12.1 Å². The van der Waals surface area contributed by atoms with Gasteiger partial charge in [-0.05, 0) is 37.4 Å². The first-order chi connectivity index (χ1) is 9.72. The minimum atomic E-state index is -0.351. The number of nitrogens with zero attached hydrogens (tertiary/aromatic N) is 2. The minimum Gasteiger partial charge on any atom is -0.338 e. The summed E-state index contributed by atoms with van der Waals surface area (Å²) in [4.78, 5) is 4.24. The lowest BCUT2D eigenvalue weighted by Crippen LogP contribution is -2.16. The molecule has 0 unspecified atom stereocenters. The van der Waals surface area contributed by atoms with Crippen molar-refractivity contribution >= 4 is 11.6 Å². The van der Waals surface area contributed by atoms with Crippen LogP contribution in [-0.2, 0) is 13.0 Å². The van der Waals surface area contributed by atoms with Gasteiger partial charge in [0, 0.05) is 17.0 Å². The van der Waals surface area contributed by atoms with Crippen LogP contribution in [0.1, 0.15) is 30.1 Å². The summed E-state index contributed by atoms with van der Waals surface area (Å²) >= 11 is 5.97. The van der Waals surface area contributed by atoms with Crippen molar-refractivity contribution in [2.45, 2.75) is 25.8 Å². The molecule has 1 fully saturated rings. The lowest BCUT2D eigenvalue weighted by Gasteiger charge is -2.01. The smallest absolute Gasteiger partial charge is 0.240 e. The third-order valence-corrected chi connectivity index (χ3v) is 3.67. The van der Waals surface area contributed by atoms with E-state index in [1.807, 2.05) is 0 Å². The van der Waals surface area contributed by atoms with Gasteiger partial charge in [0.2, 0.25) is 5.89 Å². The molecule has 20 heavy (non-hydrogen) atoms. The Labute approximate surface area is 121 Å². The van der Waals surface area contributed by atoms with Gasteiger partial charge < -0.3 is 9.84 Å². The lowest BCUT2D eigenvalue weighted by molar-refractivity contribution is 0.362. The van der Waals surface area contributed by atoms with Gasteiger partial charge in [0.05, 0.1) is 6.54 Å². The average molecular weight is 296 g/mol. The van der Waals surface area contributed by atoms with Crippen LogP contribution in [0.25, 0.3) is 0 Å². The van der Waals surface area contributed by atoms with Crippen LogP contribution in [0.2, 0.25) is 5.02 Å². The highest BCUT2D eigenvalue weighted by atomic mass is 35.5. The Morgan fingerprint density at radius 3 is 3.00 bits per heavy atom. The van der Waals surface area contributed by atoms with Gasteiger partial charge in [-0.25, -0.2) is 4.39 Å². The van der Waals surface area contributed by atoms with Crippen molar-refractivity contribution < 1.29 is 8.91 Å². The van der Waals surface area contributed by atoms with Crippen LogP contribution in [0, 0.1) is 11.7 Å². The second kappa shape index (κ2) is 5.89. The van der Waals surface area contributed by atoms with Gasteiger partial charge in [0.25, 0.3) is 0 Å². The van der Waals surface area contributed by atoms with Gasteiger partial charge in [-0.3, -0.25) is 0 Å². The predicted octanol–water partition coefficient (Wildman–Crippen LogP) is 2.95. The molecule has 3 rings (SSSR count). The number of aromatic nitrogens is 2. The second-order valence-corrected chi connectivity index (χ2v) is 5.46. The molecule has 4 nitrogen and oxygen atoms in total. The minimum absolute atomic E-state index is 0.234. The van der Waals surface area contributed by atoms with E-state index in [1.165, 1.54) is 18.9 Å². The topological polar surface area (TPSA) is 51.0 Å². The summed E-state index contributed by atoms with van der Waals surface area (Å²) in [7, 11) is 0. The first kappa shape index (κ1) is 13.5. The zero-order valence-electron chi connectivity index (χ0n) is 10.9. The molecule has 0 aliphatic heterocycles. The molecule has 2 aromatic rings. The number of rotatable bonds is 6.